The van der Waals surface area contributed by atoms with Crippen LogP contribution < -0.4 is 9.13 Å². The zero-order chi connectivity index (χ0) is 19.3. The summed E-state index contributed by atoms with van der Waals surface area (Å²) in [4.78, 5) is 0. The Morgan fingerprint density at radius 2 is 1.36 bits per heavy atom. The molecule has 2 aromatic carbocycles. The second-order valence-electron chi connectivity index (χ2n) is 7.72. The van der Waals surface area contributed by atoms with Crippen LogP contribution in [0.4, 0.5) is 0 Å². The summed E-state index contributed by atoms with van der Waals surface area (Å²) in [6.07, 6.45) is 5.42. The third kappa shape index (κ3) is 2.56. The van der Waals surface area contributed by atoms with Crippen molar-refractivity contribution in [3.8, 4) is 33.6 Å². The predicted octanol–water partition coefficient (Wildman–Crippen LogP) is 4.55. The number of hydrogen-bond acceptors (Lipinski definition) is 0. The summed E-state index contributed by atoms with van der Waals surface area (Å²) in [6.45, 7) is 2.24. The smallest absolute Gasteiger partial charge is 0.201 e. The van der Waals surface area contributed by atoms with Crippen LogP contribution in [-0.2, 0) is 20.5 Å². The highest BCUT2D eigenvalue weighted by Crippen LogP contribution is 2.37. The summed E-state index contributed by atoms with van der Waals surface area (Å²) in [5, 5.41) is 0. The first kappa shape index (κ1) is 16.9. The van der Waals surface area contributed by atoms with Gasteiger partial charge in [-0.15, -0.1) is 0 Å². The topological polar surface area (TPSA) is 7.76 Å². The summed E-state index contributed by atoms with van der Waals surface area (Å²) in [6, 6.07) is 24.1. The van der Waals surface area contributed by atoms with Crippen molar-refractivity contribution < 1.29 is 9.13 Å². The van der Waals surface area contributed by atoms with Gasteiger partial charge in [0.05, 0.1) is 0 Å². The molecule has 28 heavy (non-hydrogen) atoms. The molecule has 0 atom stereocenters. The number of fused-ring (bicyclic) bond motifs is 3. The van der Waals surface area contributed by atoms with Gasteiger partial charge in [-0.3, -0.25) is 0 Å². The predicted molar refractivity (Wildman–Crippen MR) is 113 cm³/mol. The molecule has 0 aliphatic heterocycles. The fourth-order valence-corrected chi connectivity index (χ4v) is 4.48. The maximum Gasteiger partial charge on any atom is 0.212 e. The molecular formula is C26H24N2+2. The van der Waals surface area contributed by atoms with E-state index in [1.807, 2.05) is 0 Å². The molecule has 0 bridgehead atoms. The third-order valence-electron chi connectivity index (χ3n) is 5.99. The molecule has 2 aromatic heterocycles. The molecule has 2 heteroatoms. The lowest BCUT2D eigenvalue weighted by molar-refractivity contribution is -0.660. The Hall–Kier alpha value is -3.26. The van der Waals surface area contributed by atoms with Crippen molar-refractivity contribution in [2.45, 2.75) is 13.3 Å². The van der Waals surface area contributed by atoms with Crippen molar-refractivity contribution in [2.24, 2.45) is 14.1 Å². The number of benzene rings is 2. The zero-order valence-corrected chi connectivity index (χ0v) is 16.6. The van der Waals surface area contributed by atoms with E-state index in [0.717, 1.165) is 6.42 Å². The van der Waals surface area contributed by atoms with Crippen molar-refractivity contribution in [1.82, 2.24) is 0 Å². The highest BCUT2D eigenvalue weighted by atomic mass is 14.9. The Morgan fingerprint density at radius 1 is 0.643 bits per heavy atom. The van der Waals surface area contributed by atoms with E-state index < -0.39 is 0 Å². The lowest BCUT2D eigenvalue weighted by Gasteiger charge is -2.10. The Bertz CT molecular complexity index is 1220. The molecule has 2 heterocycles. The first-order chi connectivity index (χ1) is 13.6. The largest absolute Gasteiger partial charge is 0.212 e. The van der Waals surface area contributed by atoms with E-state index in [1.165, 1.54) is 50.3 Å². The van der Waals surface area contributed by atoms with E-state index >= 15 is 0 Å². The number of pyridine rings is 2. The molecule has 1 aliphatic carbocycles. The second-order valence-corrected chi connectivity index (χ2v) is 7.72. The van der Waals surface area contributed by atoms with Crippen LogP contribution in [0.2, 0.25) is 0 Å². The van der Waals surface area contributed by atoms with Gasteiger partial charge in [-0.05, 0) is 53.8 Å². The summed E-state index contributed by atoms with van der Waals surface area (Å²) in [5.74, 6) is 0. The lowest BCUT2D eigenvalue weighted by atomic mass is 9.95. The molecule has 1 aliphatic rings. The SMILES string of the molecule is Cc1c(-c2cccc[n+]2C)cccc1-c1cc2c(c[n+]1C)-c1ccccc1C2. The fraction of sp³-hybridized carbons (Fsp3) is 0.154. The first-order valence-electron chi connectivity index (χ1n) is 9.79. The van der Waals surface area contributed by atoms with Gasteiger partial charge < -0.3 is 0 Å². The molecular weight excluding hydrogens is 340 g/mol. The van der Waals surface area contributed by atoms with Crippen molar-refractivity contribution in [2.75, 3.05) is 0 Å². The normalized spacial score (nSPS) is 12.0. The first-order valence-corrected chi connectivity index (χ1v) is 9.79. The highest BCUT2D eigenvalue weighted by molar-refractivity contribution is 5.79. The average molecular weight is 364 g/mol. The molecule has 0 amide bonds. The van der Waals surface area contributed by atoms with Crippen LogP contribution >= 0.6 is 0 Å². The van der Waals surface area contributed by atoms with Crippen LogP contribution in [0.3, 0.4) is 0 Å². The second kappa shape index (κ2) is 6.42. The quantitative estimate of drug-likeness (QED) is 0.406. The van der Waals surface area contributed by atoms with Crippen molar-refractivity contribution >= 4 is 0 Å². The van der Waals surface area contributed by atoms with Crippen molar-refractivity contribution in [3.05, 3.63) is 95.8 Å². The third-order valence-corrected chi connectivity index (χ3v) is 5.99. The van der Waals surface area contributed by atoms with Gasteiger partial charge in [0.2, 0.25) is 11.4 Å². The molecule has 136 valence electrons. The summed E-state index contributed by atoms with van der Waals surface area (Å²) >= 11 is 0. The van der Waals surface area contributed by atoms with Gasteiger partial charge >= 0.3 is 0 Å². The number of nitrogens with zero attached hydrogens (tertiary/aromatic N) is 2. The van der Waals surface area contributed by atoms with Crippen LogP contribution in [0, 0.1) is 6.92 Å². The maximum atomic E-state index is 2.38. The molecule has 0 spiro atoms. The number of hydrogen-bond donors (Lipinski definition) is 0. The Kier molecular flexibility index (Phi) is 3.87. The lowest BCUT2D eigenvalue weighted by Crippen LogP contribution is -2.32. The monoisotopic (exact) mass is 364 g/mol. The van der Waals surface area contributed by atoms with Crippen LogP contribution in [0.15, 0.2) is 79.1 Å². The number of aromatic nitrogens is 2. The Balaban J connectivity index is 1.67. The summed E-state index contributed by atoms with van der Waals surface area (Å²) in [7, 11) is 4.26. The van der Waals surface area contributed by atoms with Gasteiger partial charge in [0, 0.05) is 34.9 Å². The molecule has 2 nitrogen and oxygen atoms in total. The van der Waals surface area contributed by atoms with Gasteiger partial charge in [-0.2, -0.15) is 0 Å². The minimum atomic E-state index is 1.02. The van der Waals surface area contributed by atoms with Gasteiger partial charge in [0.1, 0.15) is 14.1 Å². The molecule has 4 aromatic rings. The van der Waals surface area contributed by atoms with Gasteiger partial charge in [0.25, 0.3) is 0 Å². The van der Waals surface area contributed by atoms with Crippen molar-refractivity contribution in [3.63, 3.8) is 0 Å². The molecule has 0 saturated heterocycles. The van der Waals surface area contributed by atoms with E-state index in [-0.39, 0.29) is 0 Å². The highest BCUT2D eigenvalue weighted by Gasteiger charge is 2.25. The van der Waals surface area contributed by atoms with Gasteiger partial charge in [0.15, 0.2) is 12.4 Å². The summed E-state index contributed by atoms with van der Waals surface area (Å²) < 4.78 is 4.46. The van der Waals surface area contributed by atoms with E-state index in [9.17, 15) is 0 Å². The molecule has 0 radical (unpaired) electrons. The van der Waals surface area contributed by atoms with Crippen LogP contribution in [0.1, 0.15) is 16.7 Å². The van der Waals surface area contributed by atoms with E-state index in [4.69, 9.17) is 0 Å². The Labute approximate surface area is 166 Å². The molecule has 0 saturated carbocycles. The fourth-order valence-electron chi connectivity index (χ4n) is 4.48. The average Bonchev–Trinajstić information content (AvgIpc) is 3.06. The van der Waals surface area contributed by atoms with E-state index in [1.54, 1.807) is 0 Å². The molecule has 0 fully saturated rings. The molecule has 0 N–H and O–H groups in total. The van der Waals surface area contributed by atoms with Crippen LogP contribution in [-0.4, -0.2) is 0 Å². The van der Waals surface area contributed by atoms with E-state index in [0.29, 0.717) is 0 Å². The van der Waals surface area contributed by atoms with Crippen LogP contribution in [0.25, 0.3) is 33.6 Å². The Morgan fingerprint density at radius 3 is 2.18 bits per heavy atom. The van der Waals surface area contributed by atoms with Crippen molar-refractivity contribution in [1.29, 1.82) is 0 Å². The zero-order valence-electron chi connectivity index (χ0n) is 16.6. The molecule has 0 unspecified atom stereocenters. The summed E-state index contributed by atoms with van der Waals surface area (Å²) in [5.41, 5.74) is 12.0. The van der Waals surface area contributed by atoms with Gasteiger partial charge in [-0.1, -0.05) is 30.3 Å². The molecule has 5 rings (SSSR count). The standard InChI is InChI=1S/C26H24N2/c1-18-21(25-13-6-7-14-27(25)2)11-8-12-22(18)26-16-20-15-19-9-4-5-10-23(19)24(20)17-28(26)3/h4-14,16-17H,15H2,1-3H3/q+2. The van der Waals surface area contributed by atoms with Crippen LogP contribution in [0.5, 0.6) is 0 Å². The maximum absolute atomic E-state index is 2.38. The minimum absolute atomic E-state index is 1.02. The van der Waals surface area contributed by atoms with E-state index in [2.05, 4.69) is 109 Å². The number of rotatable bonds is 2. The van der Waals surface area contributed by atoms with Gasteiger partial charge in [-0.25, -0.2) is 9.13 Å². The minimum Gasteiger partial charge on any atom is -0.201 e. The number of aryl methyl sites for hydroxylation is 2.